The maximum Gasteiger partial charge on any atom is 0.0620 e. The maximum absolute atomic E-state index is 2.49. The summed E-state index contributed by atoms with van der Waals surface area (Å²) in [6.07, 6.45) is 7.13. The standard InChI is InChI=1S/C61H42N2/c1-39-34-44(30-32-48(39)42-14-3-2-4-15-42)43-16-13-17-47(35-43)62-57-23-10-8-21-52(57)54-36-45(31-33-60(54)62)40-26-28-41(29-27-40)46-37-55-50-19-6-5-18-49(50)51-20-7-11-24-58(51)63-59-25-12-9-22-53(59)56(38-46)61(55)63/h2-39,48H,1H3. The predicted octanol–water partition coefficient (Wildman–Crippen LogP) is 16.2. The molecule has 2 unspecified atom stereocenters. The van der Waals surface area contributed by atoms with E-state index in [4.69, 9.17) is 0 Å². The first-order valence-electron chi connectivity index (χ1n) is 22.1. The fourth-order valence-corrected chi connectivity index (χ4v) is 10.8. The van der Waals surface area contributed by atoms with E-state index in [1.54, 1.807) is 0 Å². The Labute approximate surface area is 367 Å². The van der Waals surface area contributed by atoms with Gasteiger partial charge in [-0.3, -0.25) is 0 Å². The molecule has 2 atom stereocenters. The zero-order valence-electron chi connectivity index (χ0n) is 34.9. The highest BCUT2D eigenvalue weighted by molar-refractivity contribution is 6.18. The maximum atomic E-state index is 2.49. The van der Waals surface area contributed by atoms with E-state index in [2.05, 4.69) is 241 Å². The zero-order chi connectivity index (χ0) is 41.6. The lowest BCUT2D eigenvalue weighted by atomic mass is 9.81. The fourth-order valence-electron chi connectivity index (χ4n) is 10.8. The first-order chi connectivity index (χ1) is 31.2. The molecule has 2 aromatic heterocycles. The minimum absolute atomic E-state index is 0.387. The van der Waals surface area contributed by atoms with Crippen LogP contribution in [0.15, 0.2) is 224 Å². The summed E-state index contributed by atoms with van der Waals surface area (Å²) in [4.78, 5) is 0. The van der Waals surface area contributed by atoms with Crippen LogP contribution in [0.4, 0.5) is 0 Å². The molecule has 3 heterocycles. The molecule has 0 fully saturated rings. The average Bonchev–Trinajstić information content (AvgIpc) is 3.82. The molecule has 0 amide bonds. The monoisotopic (exact) mass is 802 g/mol. The van der Waals surface area contributed by atoms with E-state index < -0.39 is 0 Å². The minimum Gasteiger partial charge on any atom is -0.309 e. The number of hydrogen-bond acceptors (Lipinski definition) is 0. The molecule has 2 nitrogen and oxygen atoms in total. The minimum atomic E-state index is 0.387. The van der Waals surface area contributed by atoms with Crippen LogP contribution in [0.25, 0.3) is 105 Å². The highest BCUT2D eigenvalue weighted by Gasteiger charge is 2.25. The van der Waals surface area contributed by atoms with Crippen molar-refractivity contribution in [2.75, 3.05) is 0 Å². The SMILES string of the molecule is CC1C=C(c2cccc(-n3c4ccccc4c4cc(-c5ccc(-c6cc7c8c(c6)c6ccccc6n8-c6ccccc6-c6ccccc6-7)cc5)ccc43)c2)C=CC1c1ccccc1. The highest BCUT2D eigenvalue weighted by atomic mass is 15.0. The number of aromatic nitrogens is 2. The first-order valence-corrected chi connectivity index (χ1v) is 22.1. The van der Waals surface area contributed by atoms with Gasteiger partial charge in [0.15, 0.2) is 0 Å². The summed E-state index contributed by atoms with van der Waals surface area (Å²) < 4.78 is 4.92. The van der Waals surface area contributed by atoms with Gasteiger partial charge in [-0.25, -0.2) is 0 Å². The molecule has 9 aromatic carbocycles. The normalized spacial score (nSPS) is 15.4. The Balaban J connectivity index is 0.883. The summed E-state index contributed by atoms with van der Waals surface area (Å²) in [6, 6.07) is 76.3. The third kappa shape index (κ3) is 5.58. The highest BCUT2D eigenvalue weighted by Crippen LogP contribution is 2.48. The summed E-state index contributed by atoms with van der Waals surface area (Å²) in [6.45, 7) is 2.33. The quantitative estimate of drug-likeness (QED) is 0.164. The van der Waals surface area contributed by atoms with E-state index in [1.807, 2.05) is 0 Å². The molecular formula is C61H42N2. The topological polar surface area (TPSA) is 9.86 Å². The van der Waals surface area contributed by atoms with E-state index in [1.165, 1.54) is 116 Å². The third-order valence-electron chi connectivity index (χ3n) is 13.8. The van der Waals surface area contributed by atoms with Gasteiger partial charge >= 0.3 is 0 Å². The van der Waals surface area contributed by atoms with E-state index in [0.717, 1.165) is 0 Å². The Bertz CT molecular complexity index is 3690. The fraction of sp³-hybridized carbons (Fsp3) is 0.0492. The van der Waals surface area contributed by atoms with Gasteiger partial charge in [0.2, 0.25) is 0 Å². The van der Waals surface area contributed by atoms with Crippen molar-refractivity contribution >= 4 is 49.2 Å². The molecular weight excluding hydrogens is 761 g/mol. The van der Waals surface area contributed by atoms with Gasteiger partial charge < -0.3 is 9.13 Å². The number of benzene rings is 9. The van der Waals surface area contributed by atoms with Crippen LogP contribution in [0.2, 0.25) is 0 Å². The van der Waals surface area contributed by atoms with E-state index in [0.29, 0.717) is 11.8 Å². The molecule has 1 aliphatic carbocycles. The lowest BCUT2D eigenvalue weighted by Gasteiger charge is -2.24. The van der Waals surface area contributed by atoms with Crippen molar-refractivity contribution < 1.29 is 0 Å². The second-order valence-corrected chi connectivity index (χ2v) is 17.3. The summed E-state index contributed by atoms with van der Waals surface area (Å²) in [5.41, 5.74) is 21.1. The van der Waals surface area contributed by atoms with Crippen molar-refractivity contribution in [2.24, 2.45) is 5.92 Å². The Hall–Kier alpha value is -7.94. The van der Waals surface area contributed by atoms with Gasteiger partial charge in [0.05, 0.1) is 27.8 Å². The molecule has 1 aliphatic heterocycles. The van der Waals surface area contributed by atoms with Crippen LogP contribution < -0.4 is 0 Å². The number of fused-ring (bicyclic) bond motifs is 11. The van der Waals surface area contributed by atoms with Gasteiger partial charge in [-0.15, -0.1) is 0 Å². The van der Waals surface area contributed by atoms with Gasteiger partial charge in [-0.2, -0.15) is 0 Å². The Morgan fingerprint density at radius 3 is 1.76 bits per heavy atom. The third-order valence-corrected chi connectivity index (χ3v) is 13.8. The van der Waals surface area contributed by atoms with Crippen molar-refractivity contribution in [3.8, 4) is 55.9 Å². The molecule has 2 aliphatic rings. The first kappa shape index (κ1) is 35.8. The molecule has 0 N–H and O–H groups in total. The second kappa shape index (κ2) is 14.1. The zero-order valence-corrected chi connectivity index (χ0v) is 34.9. The second-order valence-electron chi connectivity index (χ2n) is 17.3. The Kier molecular flexibility index (Phi) is 7.98. The Morgan fingerprint density at radius 1 is 0.381 bits per heavy atom. The lowest BCUT2D eigenvalue weighted by molar-refractivity contribution is 0.638. The summed E-state index contributed by atoms with van der Waals surface area (Å²) >= 11 is 0. The molecule has 11 aromatic rings. The van der Waals surface area contributed by atoms with E-state index in [-0.39, 0.29) is 0 Å². The van der Waals surface area contributed by atoms with Crippen molar-refractivity contribution in [2.45, 2.75) is 12.8 Å². The smallest absolute Gasteiger partial charge is 0.0620 e. The number of hydrogen-bond donors (Lipinski definition) is 0. The van der Waals surface area contributed by atoms with Gasteiger partial charge in [0, 0.05) is 44.3 Å². The van der Waals surface area contributed by atoms with Crippen LogP contribution in [0.5, 0.6) is 0 Å². The molecule has 2 heteroatoms. The van der Waals surface area contributed by atoms with Crippen molar-refractivity contribution in [3.05, 3.63) is 236 Å². The molecule has 13 rings (SSSR count). The lowest BCUT2D eigenvalue weighted by Crippen LogP contribution is -2.09. The van der Waals surface area contributed by atoms with Crippen molar-refractivity contribution in [3.63, 3.8) is 0 Å². The van der Waals surface area contributed by atoms with Gasteiger partial charge in [-0.1, -0.05) is 177 Å². The largest absolute Gasteiger partial charge is 0.309 e. The molecule has 0 saturated heterocycles. The van der Waals surface area contributed by atoms with Gasteiger partial charge in [0.1, 0.15) is 0 Å². The number of nitrogens with zero attached hydrogens (tertiary/aromatic N) is 2. The van der Waals surface area contributed by atoms with Crippen LogP contribution in [0, 0.1) is 5.92 Å². The van der Waals surface area contributed by atoms with E-state index >= 15 is 0 Å². The van der Waals surface area contributed by atoms with Gasteiger partial charge in [-0.05, 0) is 111 Å². The van der Waals surface area contributed by atoms with Crippen molar-refractivity contribution in [1.82, 2.24) is 9.13 Å². The van der Waals surface area contributed by atoms with E-state index in [9.17, 15) is 0 Å². The Morgan fingerprint density at radius 2 is 0.984 bits per heavy atom. The number of allylic oxidation sites excluding steroid dienone is 4. The summed E-state index contributed by atoms with van der Waals surface area (Å²) in [7, 11) is 0. The number of rotatable bonds is 5. The van der Waals surface area contributed by atoms with Gasteiger partial charge in [0.25, 0.3) is 0 Å². The molecule has 0 bridgehead atoms. The number of para-hydroxylation sites is 3. The predicted molar refractivity (Wildman–Crippen MR) is 266 cm³/mol. The molecule has 0 radical (unpaired) electrons. The van der Waals surface area contributed by atoms with Crippen LogP contribution in [0.1, 0.15) is 24.0 Å². The molecule has 296 valence electrons. The van der Waals surface area contributed by atoms with Crippen LogP contribution >= 0.6 is 0 Å². The summed E-state index contributed by atoms with van der Waals surface area (Å²) in [5, 5.41) is 5.06. The molecule has 63 heavy (non-hydrogen) atoms. The van der Waals surface area contributed by atoms with Crippen LogP contribution in [-0.4, -0.2) is 9.13 Å². The molecule has 0 spiro atoms. The molecule has 0 saturated carbocycles. The van der Waals surface area contributed by atoms with Crippen molar-refractivity contribution in [1.29, 1.82) is 0 Å². The van der Waals surface area contributed by atoms with Crippen LogP contribution in [-0.2, 0) is 0 Å². The summed E-state index contributed by atoms with van der Waals surface area (Å²) in [5.74, 6) is 0.792. The van der Waals surface area contributed by atoms with Crippen LogP contribution in [0.3, 0.4) is 0 Å². The average molecular weight is 803 g/mol.